The molecule has 2 N–H and O–H groups in total. The Hall–Kier alpha value is -2.55. The molecule has 8 nitrogen and oxygen atoms in total. The molecule has 22 heavy (non-hydrogen) atoms. The van der Waals surface area contributed by atoms with E-state index in [4.69, 9.17) is 15.0 Å². The standard InChI is InChI=1S/C13H14N6O2S/c1-3-20-10-6-11(16-7-15-10)22-13-18-17-12(19(13)14)9-4-5-21-8(9)2/h4-7H,3,14H2,1-2H3. The zero-order valence-corrected chi connectivity index (χ0v) is 12.9. The number of rotatable bonds is 5. The average Bonchev–Trinajstić information content (AvgIpc) is 3.07. The summed E-state index contributed by atoms with van der Waals surface area (Å²) in [6.07, 6.45) is 3.02. The number of ether oxygens (including phenoxy) is 1. The van der Waals surface area contributed by atoms with Crippen LogP contribution in [0.1, 0.15) is 12.7 Å². The van der Waals surface area contributed by atoms with E-state index in [2.05, 4.69) is 20.2 Å². The van der Waals surface area contributed by atoms with Crippen LogP contribution < -0.4 is 10.6 Å². The number of nitrogens with two attached hydrogens (primary N) is 1. The van der Waals surface area contributed by atoms with Gasteiger partial charge in [0.2, 0.25) is 11.0 Å². The van der Waals surface area contributed by atoms with E-state index in [9.17, 15) is 0 Å². The van der Waals surface area contributed by atoms with Crippen LogP contribution in [0, 0.1) is 6.92 Å². The van der Waals surface area contributed by atoms with Gasteiger partial charge < -0.3 is 15.0 Å². The quantitative estimate of drug-likeness (QED) is 0.562. The van der Waals surface area contributed by atoms with Crippen molar-refractivity contribution in [3.63, 3.8) is 0 Å². The molecule has 0 unspecified atom stereocenters. The van der Waals surface area contributed by atoms with E-state index in [1.54, 1.807) is 18.4 Å². The smallest absolute Gasteiger partial charge is 0.217 e. The molecule has 0 saturated carbocycles. The molecule has 0 aliphatic rings. The molecular weight excluding hydrogens is 304 g/mol. The van der Waals surface area contributed by atoms with Gasteiger partial charge in [0.1, 0.15) is 17.1 Å². The first kappa shape index (κ1) is 14.4. The number of aryl methyl sites for hydroxylation is 1. The minimum Gasteiger partial charge on any atom is -0.478 e. The van der Waals surface area contributed by atoms with E-state index in [-0.39, 0.29) is 0 Å². The second-order valence-electron chi connectivity index (χ2n) is 4.30. The summed E-state index contributed by atoms with van der Waals surface area (Å²) >= 11 is 1.28. The number of furan rings is 1. The summed E-state index contributed by atoms with van der Waals surface area (Å²) in [4.78, 5) is 8.18. The Morgan fingerprint density at radius 1 is 1.36 bits per heavy atom. The number of hydrogen-bond acceptors (Lipinski definition) is 8. The normalized spacial score (nSPS) is 10.8. The molecule has 0 bridgehead atoms. The molecule has 0 atom stereocenters. The maximum atomic E-state index is 6.06. The fraction of sp³-hybridized carbons (Fsp3) is 0.231. The Morgan fingerprint density at radius 2 is 2.23 bits per heavy atom. The molecule has 114 valence electrons. The largest absolute Gasteiger partial charge is 0.478 e. The lowest BCUT2D eigenvalue weighted by molar-refractivity contribution is 0.324. The van der Waals surface area contributed by atoms with Crippen LogP contribution in [0.2, 0.25) is 0 Å². The van der Waals surface area contributed by atoms with Gasteiger partial charge in [-0.15, -0.1) is 10.2 Å². The van der Waals surface area contributed by atoms with Gasteiger partial charge in [0, 0.05) is 6.07 Å². The van der Waals surface area contributed by atoms with Gasteiger partial charge in [0.05, 0.1) is 18.4 Å². The van der Waals surface area contributed by atoms with Gasteiger partial charge in [-0.2, -0.15) is 0 Å². The molecule has 0 spiro atoms. The zero-order chi connectivity index (χ0) is 15.5. The average molecular weight is 318 g/mol. The van der Waals surface area contributed by atoms with Crippen LogP contribution >= 0.6 is 11.8 Å². The van der Waals surface area contributed by atoms with Gasteiger partial charge in [-0.25, -0.2) is 14.6 Å². The third kappa shape index (κ3) is 2.75. The summed E-state index contributed by atoms with van der Waals surface area (Å²) < 4.78 is 12.0. The highest BCUT2D eigenvalue weighted by Crippen LogP contribution is 2.29. The van der Waals surface area contributed by atoms with E-state index in [1.807, 2.05) is 13.8 Å². The van der Waals surface area contributed by atoms with Crippen molar-refractivity contribution in [2.75, 3.05) is 12.4 Å². The van der Waals surface area contributed by atoms with Crippen LogP contribution in [0.5, 0.6) is 5.88 Å². The third-order valence-corrected chi connectivity index (χ3v) is 3.76. The summed E-state index contributed by atoms with van der Waals surface area (Å²) in [6, 6.07) is 3.53. The first-order valence-corrected chi connectivity index (χ1v) is 7.38. The number of nitrogen functional groups attached to an aromatic ring is 1. The van der Waals surface area contributed by atoms with Gasteiger partial charge in [0.15, 0.2) is 5.82 Å². The van der Waals surface area contributed by atoms with Gasteiger partial charge in [-0.3, -0.25) is 0 Å². The van der Waals surface area contributed by atoms with Crippen LogP contribution in [-0.2, 0) is 0 Å². The maximum absolute atomic E-state index is 6.06. The second kappa shape index (κ2) is 6.06. The minimum atomic E-state index is 0.508. The SMILES string of the molecule is CCOc1cc(Sc2nnc(-c3ccoc3C)n2N)ncn1. The number of nitrogens with zero attached hydrogens (tertiary/aromatic N) is 5. The zero-order valence-electron chi connectivity index (χ0n) is 12.1. The molecule has 0 fully saturated rings. The molecule has 0 amide bonds. The van der Waals surface area contributed by atoms with E-state index < -0.39 is 0 Å². The predicted molar refractivity (Wildman–Crippen MR) is 79.9 cm³/mol. The first-order valence-electron chi connectivity index (χ1n) is 6.56. The van der Waals surface area contributed by atoms with E-state index >= 15 is 0 Å². The predicted octanol–water partition coefficient (Wildman–Crippen LogP) is 1.90. The summed E-state index contributed by atoms with van der Waals surface area (Å²) in [5, 5.41) is 9.38. The third-order valence-electron chi connectivity index (χ3n) is 2.87. The Kier molecular flexibility index (Phi) is 3.96. The molecule has 3 aromatic rings. The Balaban J connectivity index is 1.86. The maximum Gasteiger partial charge on any atom is 0.217 e. The molecule has 0 aliphatic carbocycles. The Morgan fingerprint density at radius 3 is 2.95 bits per heavy atom. The van der Waals surface area contributed by atoms with E-state index in [0.29, 0.717) is 28.5 Å². The lowest BCUT2D eigenvalue weighted by atomic mass is 10.2. The van der Waals surface area contributed by atoms with Crippen molar-refractivity contribution in [3.05, 3.63) is 30.5 Å². The highest BCUT2D eigenvalue weighted by molar-refractivity contribution is 7.99. The van der Waals surface area contributed by atoms with Crippen molar-refractivity contribution in [2.24, 2.45) is 0 Å². The van der Waals surface area contributed by atoms with Gasteiger partial charge >= 0.3 is 0 Å². The molecule has 3 heterocycles. The van der Waals surface area contributed by atoms with Crippen molar-refractivity contribution < 1.29 is 9.15 Å². The summed E-state index contributed by atoms with van der Waals surface area (Å²) in [5.41, 5.74) is 0.805. The van der Waals surface area contributed by atoms with Crippen LogP contribution in [0.3, 0.4) is 0 Å². The van der Waals surface area contributed by atoms with Crippen molar-refractivity contribution >= 4 is 11.8 Å². The van der Waals surface area contributed by atoms with Crippen LogP contribution in [0.25, 0.3) is 11.4 Å². The summed E-state index contributed by atoms with van der Waals surface area (Å²) in [7, 11) is 0. The van der Waals surface area contributed by atoms with Crippen molar-refractivity contribution in [1.82, 2.24) is 24.8 Å². The highest BCUT2D eigenvalue weighted by Gasteiger charge is 2.16. The molecule has 9 heteroatoms. The monoisotopic (exact) mass is 318 g/mol. The first-order chi connectivity index (χ1) is 10.7. The van der Waals surface area contributed by atoms with E-state index in [0.717, 1.165) is 11.3 Å². The number of hydrogen-bond donors (Lipinski definition) is 1. The molecular formula is C13H14N6O2S. The van der Waals surface area contributed by atoms with Gasteiger partial charge in [-0.05, 0) is 31.7 Å². The second-order valence-corrected chi connectivity index (χ2v) is 5.28. The topological polar surface area (TPSA) is 105 Å². The van der Waals surface area contributed by atoms with Gasteiger partial charge in [0.25, 0.3) is 0 Å². The lowest BCUT2D eigenvalue weighted by Crippen LogP contribution is -2.11. The fourth-order valence-electron chi connectivity index (χ4n) is 1.85. The lowest BCUT2D eigenvalue weighted by Gasteiger charge is -2.04. The van der Waals surface area contributed by atoms with Crippen LogP contribution in [-0.4, -0.2) is 31.4 Å². The van der Waals surface area contributed by atoms with Gasteiger partial charge in [-0.1, -0.05) is 0 Å². The molecule has 3 aromatic heterocycles. The molecule has 0 radical (unpaired) electrons. The van der Waals surface area contributed by atoms with E-state index in [1.165, 1.54) is 22.8 Å². The van der Waals surface area contributed by atoms with Crippen molar-refractivity contribution in [3.8, 4) is 17.3 Å². The number of aromatic nitrogens is 5. The molecule has 0 aliphatic heterocycles. The van der Waals surface area contributed by atoms with Crippen molar-refractivity contribution in [1.29, 1.82) is 0 Å². The van der Waals surface area contributed by atoms with Crippen molar-refractivity contribution in [2.45, 2.75) is 24.0 Å². The summed E-state index contributed by atoms with van der Waals surface area (Å²) in [6.45, 7) is 4.28. The molecule has 3 rings (SSSR count). The summed E-state index contributed by atoms with van der Waals surface area (Å²) in [5.74, 6) is 7.84. The highest BCUT2D eigenvalue weighted by atomic mass is 32.2. The minimum absolute atomic E-state index is 0.508. The molecule has 0 saturated heterocycles. The van der Waals surface area contributed by atoms with Crippen LogP contribution in [0.4, 0.5) is 0 Å². The Bertz CT molecular complexity index is 784. The van der Waals surface area contributed by atoms with Crippen LogP contribution in [0.15, 0.2) is 39.3 Å². The molecule has 0 aromatic carbocycles. The Labute approximate surface area is 130 Å². The fourth-order valence-corrected chi connectivity index (χ4v) is 2.56.